The predicted molar refractivity (Wildman–Crippen MR) is 90.7 cm³/mol. The molecule has 2 aliphatic heterocycles. The van der Waals surface area contributed by atoms with Crippen molar-refractivity contribution >= 4 is 0 Å². The van der Waals surface area contributed by atoms with Crippen molar-refractivity contribution in [2.24, 2.45) is 11.8 Å². The number of fused-ring (bicyclic) bond motifs is 4. The quantitative estimate of drug-likeness (QED) is 0.932. The van der Waals surface area contributed by atoms with Crippen LogP contribution in [0.25, 0.3) is 0 Å². The van der Waals surface area contributed by atoms with Crippen molar-refractivity contribution in [2.45, 2.75) is 57.1 Å². The first-order valence-electron chi connectivity index (χ1n) is 9.24. The van der Waals surface area contributed by atoms with Crippen molar-refractivity contribution in [1.82, 2.24) is 9.88 Å². The minimum atomic E-state index is 0.0863. The van der Waals surface area contributed by atoms with Crippen molar-refractivity contribution in [3.8, 4) is 0 Å². The number of nitrogens with zero attached hydrogens (tertiary/aromatic N) is 1. The number of ether oxygens (including phenoxy) is 1. The lowest BCUT2D eigenvalue weighted by Gasteiger charge is -2.38. The van der Waals surface area contributed by atoms with Crippen LogP contribution in [0.2, 0.25) is 0 Å². The fourth-order valence-corrected chi connectivity index (χ4v) is 5.03. The number of aromatic nitrogens is 1. The number of hydrogen-bond donors (Lipinski definition) is 1. The summed E-state index contributed by atoms with van der Waals surface area (Å²) in [4.78, 5) is 12.7. The van der Waals surface area contributed by atoms with E-state index in [0.29, 0.717) is 17.8 Å². The average molecular weight is 316 g/mol. The molecule has 0 spiro atoms. The Morgan fingerprint density at radius 2 is 2.04 bits per heavy atom. The van der Waals surface area contributed by atoms with Crippen LogP contribution in [0.4, 0.5) is 0 Å². The molecule has 1 aliphatic carbocycles. The second kappa shape index (κ2) is 6.40. The van der Waals surface area contributed by atoms with E-state index in [0.717, 1.165) is 25.2 Å². The molecule has 126 valence electrons. The van der Waals surface area contributed by atoms with Crippen molar-refractivity contribution < 1.29 is 4.74 Å². The average Bonchev–Trinajstić information content (AvgIpc) is 2.58. The first-order valence-corrected chi connectivity index (χ1v) is 9.24. The van der Waals surface area contributed by atoms with Gasteiger partial charge in [-0.1, -0.05) is 19.3 Å². The maximum atomic E-state index is 12.7. The summed E-state index contributed by atoms with van der Waals surface area (Å²) in [7, 11) is 1.80. The minimum absolute atomic E-state index is 0.0863. The monoisotopic (exact) mass is 316 g/mol. The lowest BCUT2D eigenvalue weighted by atomic mass is 9.80. The van der Waals surface area contributed by atoms with Crippen LogP contribution in [-0.2, 0) is 11.3 Å². The number of rotatable bonds is 3. The molecular formula is C19H28N2O2. The van der Waals surface area contributed by atoms with Gasteiger partial charge in [-0.3, -0.25) is 4.79 Å². The third kappa shape index (κ3) is 2.87. The molecule has 3 aliphatic rings. The Morgan fingerprint density at radius 3 is 2.83 bits per heavy atom. The molecule has 1 saturated heterocycles. The molecule has 3 unspecified atom stereocenters. The molecule has 23 heavy (non-hydrogen) atoms. The Balaban J connectivity index is 1.69. The Bertz CT molecular complexity index is 618. The second-order valence-electron chi connectivity index (χ2n) is 7.67. The Hall–Kier alpha value is -1.13. The lowest BCUT2D eigenvalue weighted by Crippen LogP contribution is -2.45. The van der Waals surface area contributed by atoms with Crippen LogP contribution < -0.4 is 10.9 Å². The van der Waals surface area contributed by atoms with Gasteiger partial charge in [0.1, 0.15) is 0 Å². The topological polar surface area (TPSA) is 43.3 Å². The zero-order valence-corrected chi connectivity index (χ0v) is 14.1. The van der Waals surface area contributed by atoms with Gasteiger partial charge in [0.15, 0.2) is 0 Å². The van der Waals surface area contributed by atoms with Crippen LogP contribution in [-0.4, -0.2) is 24.8 Å². The Kier molecular flexibility index (Phi) is 4.29. The van der Waals surface area contributed by atoms with Crippen LogP contribution in [0.15, 0.2) is 16.9 Å². The summed E-state index contributed by atoms with van der Waals surface area (Å²) in [6.07, 6.45) is 7.69. The van der Waals surface area contributed by atoms with Gasteiger partial charge in [0.25, 0.3) is 5.56 Å². The molecule has 4 heteroatoms. The lowest BCUT2D eigenvalue weighted by molar-refractivity contribution is 0.0350. The fraction of sp³-hybridized carbons (Fsp3) is 0.737. The molecule has 0 radical (unpaired) electrons. The van der Waals surface area contributed by atoms with E-state index in [1.165, 1.54) is 44.2 Å². The number of nitrogens with one attached hydrogen (secondary N) is 1. The van der Waals surface area contributed by atoms with Crippen LogP contribution in [0.3, 0.4) is 0 Å². The molecule has 4 rings (SSSR count). The van der Waals surface area contributed by atoms with Gasteiger partial charge in [0.2, 0.25) is 0 Å². The maximum absolute atomic E-state index is 12.7. The van der Waals surface area contributed by atoms with Gasteiger partial charge in [0.05, 0.1) is 6.10 Å². The molecule has 3 atom stereocenters. The highest BCUT2D eigenvalue weighted by Crippen LogP contribution is 2.38. The Morgan fingerprint density at radius 1 is 1.22 bits per heavy atom. The van der Waals surface area contributed by atoms with E-state index in [9.17, 15) is 4.79 Å². The van der Waals surface area contributed by atoms with Crippen LogP contribution in [0.5, 0.6) is 0 Å². The van der Waals surface area contributed by atoms with Crippen molar-refractivity contribution in [3.63, 3.8) is 0 Å². The van der Waals surface area contributed by atoms with Gasteiger partial charge < -0.3 is 14.6 Å². The number of methoxy groups -OCH3 is 1. The summed E-state index contributed by atoms with van der Waals surface area (Å²) >= 11 is 0. The molecule has 3 heterocycles. The molecule has 0 aromatic carbocycles. The fourth-order valence-electron chi connectivity index (χ4n) is 5.03. The van der Waals surface area contributed by atoms with E-state index in [4.69, 9.17) is 4.74 Å². The zero-order chi connectivity index (χ0) is 15.8. The summed E-state index contributed by atoms with van der Waals surface area (Å²) in [6.45, 7) is 2.92. The molecule has 1 aromatic rings. The summed E-state index contributed by atoms with van der Waals surface area (Å²) in [5.74, 6) is 1.66. The smallest absolute Gasteiger partial charge is 0.251 e. The van der Waals surface area contributed by atoms with Crippen molar-refractivity contribution in [3.05, 3.63) is 33.7 Å². The second-order valence-corrected chi connectivity index (χ2v) is 7.67. The highest BCUT2D eigenvalue weighted by molar-refractivity contribution is 5.26. The van der Waals surface area contributed by atoms with Crippen molar-refractivity contribution in [2.75, 3.05) is 20.2 Å². The highest BCUT2D eigenvalue weighted by atomic mass is 16.5. The summed E-state index contributed by atoms with van der Waals surface area (Å²) in [6, 6.07) is 4.12. The van der Waals surface area contributed by atoms with Crippen LogP contribution in [0, 0.1) is 11.8 Å². The van der Waals surface area contributed by atoms with Gasteiger partial charge in [-0.15, -0.1) is 0 Å². The van der Waals surface area contributed by atoms with Gasteiger partial charge in [-0.25, -0.2) is 0 Å². The standard InChI is InChI=1S/C19H28N2O2/c1-23-19(14-5-3-2-4-6-14)15-8-17-16-7-13(10-20-11-16)12-21(17)18(22)9-15/h8-9,13-14,16,19-20H,2-7,10-12H2,1H3. The highest BCUT2D eigenvalue weighted by Gasteiger charge is 2.33. The first-order chi connectivity index (χ1) is 11.3. The van der Waals surface area contributed by atoms with Gasteiger partial charge in [-0.05, 0) is 49.3 Å². The third-order valence-electron chi connectivity index (χ3n) is 6.14. The van der Waals surface area contributed by atoms with Gasteiger partial charge >= 0.3 is 0 Å². The summed E-state index contributed by atoms with van der Waals surface area (Å²) < 4.78 is 7.89. The third-order valence-corrected chi connectivity index (χ3v) is 6.14. The van der Waals surface area contributed by atoms with E-state index < -0.39 is 0 Å². The summed E-state index contributed by atoms with van der Waals surface area (Å²) in [5, 5.41) is 3.53. The molecular weight excluding hydrogens is 288 g/mol. The molecule has 4 nitrogen and oxygen atoms in total. The van der Waals surface area contributed by atoms with E-state index in [1.807, 2.05) is 10.6 Å². The zero-order valence-electron chi connectivity index (χ0n) is 14.1. The van der Waals surface area contributed by atoms with Gasteiger partial charge in [-0.2, -0.15) is 0 Å². The van der Waals surface area contributed by atoms with Crippen LogP contribution in [0.1, 0.15) is 61.8 Å². The normalized spacial score (nSPS) is 29.1. The Labute approximate surface area is 138 Å². The number of pyridine rings is 1. The molecule has 2 bridgehead atoms. The predicted octanol–water partition coefficient (Wildman–Crippen LogP) is 2.82. The summed E-state index contributed by atoms with van der Waals surface area (Å²) in [5.41, 5.74) is 2.51. The van der Waals surface area contributed by atoms with E-state index >= 15 is 0 Å². The largest absolute Gasteiger partial charge is 0.376 e. The number of hydrogen-bond acceptors (Lipinski definition) is 3. The first kappa shape index (κ1) is 15.4. The van der Waals surface area contributed by atoms with E-state index in [2.05, 4.69) is 11.4 Å². The maximum Gasteiger partial charge on any atom is 0.251 e. The molecule has 2 fully saturated rings. The van der Waals surface area contributed by atoms with Crippen molar-refractivity contribution in [1.29, 1.82) is 0 Å². The van der Waals surface area contributed by atoms with E-state index in [1.54, 1.807) is 7.11 Å². The molecule has 1 aromatic heterocycles. The minimum Gasteiger partial charge on any atom is -0.376 e. The van der Waals surface area contributed by atoms with Gasteiger partial charge in [0, 0.05) is 37.9 Å². The number of piperidine rings is 1. The SMILES string of the molecule is COC(c1cc2n(c(=O)c1)CC1CNCC2C1)C1CCCCC1. The molecule has 1 saturated carbocycles. The van der Waals surface area contributed by atoms with Crippen LogP contribution >= 0.6 is 0 Å². The van der Waals surface area contributed by atoms with E-state index in [-0.39, 0.29) is 11.7 Å². The molecule has 0 amide bonds. The molecule has 1 N–H and O–H groups in total.